The maximum Gasteiger partial charge on any atom is 0.177 e. The quantitative estimate of drug-likeness (QED) is 0.715. The molecular formula is C17H12Cl2F2N2O. The normalized spacial score (nSPS) is 16.4. The largest absolute Gasteiger partial charge is 0.494 e. The van der Waals surface area contributed by atoms with Gasteiger partial charge in [-0.05, 0) is 31.2 Å². The van der Waals surface area contributed by atoms with Gasteiger partial charge >= 0.3 is 0 Å². The Hall–Kier alpha value is -1.98. The van der Waals surface area contributed by atoms with Crippen molar-refractivity contribution in [2.75, 3.05) is 7.11 Å². The maximum absolute atomic E-state index is 14.7. The fourth-order valence-electron chi connectivity index (χ4n) is 2.46. The first kappa shape index (κ1) is 16.9. The molecule has 0 fully saturated rings. The van der Waals surface area contributed by atoms with E-state index in [1.54, 1.807) is 25.3 Å². The van der Waals surface area contributed by atoms with Crippen LogP contribution in [-0.4, -0.2) is 25.1 Å². The summed E-state index contributed by atoms with van der Waals surface area (Å²) in [4.78, 5) is 8.66. The molecule has 0 aromatic heterocycles. The molecule has 2 aromatic carbocycles. The van der Waals surface area contributed by atoms with E-state index in [4.69, 9.17) is 27.9 Å². The van der Waals surface area contributed by atoms with Gasteiger partial charge in [0.25, 0.3) is 0 Å². The first-order valence-corrected chi connectivity index (χ1v) is 7.82. The SMILES string of the molecule is COc1ccc(F)c(C2=NC(C)C=Nc3ccc(Cl)c(Cl)c32)c1F. The van der Waals surface area contributed by atoms with E-state index in [9.17, 15) is 8.78 Å². The number of hydrogen-bond donors (Lipinski definition) is 0. The van der Waals surface area contributed by atoms with Gasteiger partial charge in [0.05, 0.1) is 40.2 Å². The summed E-state index contributed by atoms with van der Waals surface area (Å²) in [5.74, 6) is -1.72. The molecule has 1 heterocycles. The summed E-state index contributed by atoms with van der Waals surface area (Å²) < 4.78 is 34.1. The molecule has 7 heteroatoms. The van der Waals surface area contributed by atoms with E-state index in [0.29, 0.717) is 5.69 Å². The second-order valence-electron chi connectivity index (χ2n) is 5.19. The van der Waals surface area contributed by atoms with Gasteiger partial charge in [0.1, 0.15) is 5.82 Å². The molecule has 24 heavy (non-hydrogen) atoms. The second-order valence-corrected chi connectivity index (χ2v) is 5.98. The summed E-state index contributed by atoms with van der Waals surface area (Å²) >= 11 is 12.4. The van der Waals surface area contributed by atoms with E-state index in [0.717, 1.165) is 6.07 Å². The van der Waals surface area contributed by atoms with Crippen molar-refractivity contribution >= 4 is 40.8 Å². The molecule has 0 spiro atoms. The van der Waals surface area contributed by atoms with Gasteiger partial charge in [0.15, 0.2) is 11.6 Å². The van der Waals surface area contributed by atoms with Crippen LogP contribution in [0.15, 0.2) is 34.3 Å². The van der Waals surface area contributed by atoms with Gasteiger partial charge in [-0.2, -0.15) is 0 Å². The lowest BCUT2D eigenvalue weighted by Gasteiger charge is -2.15. The van der Waals surface area contributed by atoms with Gasteiger partial charge in [-0.25, -0.2) is 8.78 Å². The fourth-order valence-corrected chi connectivity index (χ4v) is 2.87. The third-order valence-corrected chi connectivity index (χ3v) is 4.39. The van der Waals surface area contributed by atoms with Crippen molar-refractivity contribution < 1.29 is 13.5 Å². The minimum Gasteiger partial charge on any atom is -0.494 e. The van der Waals surface area contributed by atoms with E-state index in [-0.39, 0.29) is 32.6 Å². The molecule has 3 nitrogen and oxygen atoms in total. The fraction of sp³-hybridized carbons (Fsp3) is 0.176. The number of methoxy groups -OCH3 is 1. The number of fused-ring (bicyclic) bond motifs is 1. The Morgan fingerprint density at radius 1 is 1.08 bits per heavy atom. The van der Waals surface area contributed by atoms with Gasteiger partial charge in [-0.3, -0.25) is 9.98 Å². The van der Waals surface area contributed by atoms with Crippen LogP contribution in [0.2, 0.25) is 10.0 Å². The molecular weight excluding hydrogens is 357 g/mol. The lowest BCUT2D eigenvalue weighted by atomic mass is 9.99. The highest BCUT2D eigenvalue weighted by Crippen LogP contribution is 2.38. The van der Waals surface area contributed by atoms with Crippen LogP contribution in [0.5, 0.6) is 5.75 Å². The number of nitrogens with zero attached hydrogens (tertiary/aromatic N) is 2. The Kier molecular flexibility index (Phi) is 4.56. The molecule has 0 bridgehead atoms. The van der Waals surface area contributed by atoms with Crippen LogP contribution in [0.4, 0.5) is 14.5 Å². The number of rotatable bonds is 2. The molecule has 2 aromatic rings. The van der Waals surface area contributed by atoms with E-state index >= 15 is 0 Å². The van der Waals surface area contributed by atoms with Gasteiger partial charge in [-0.15, -0.1) is 0 Å². The summed E-state index contributed by atoms with van der Waals surface area (Å²) in [7, 11) is 1.30. The number of hydrogen-bond acceptors (Lipinski definition) is 3. The average molecular weight is 369 g/mol. The standard InChI is InChI=1S/C17H12Cl2F2N2O/c1-8-7-22-11-5-3-9(18)15(19)14(11)17(23-8)13-10(20)4-6-12(24-2)16(13)21/h3-8H,1-2H3. The molecule has 0 amide bonds. The zero-order chi connectivity index (χ0) is 17.4. The Morgan fingerprint density at radius 3 is 2.54 bits per heavy atom. The summed E-state index contributed by atoms with van der Waals surface area (Å²) in [6.07, 6.45) is 1.58. The molecule has 0 saturated carbocycles. The molecule has 1 atom stereocenters. The lowest BCUT2D eigenvalue weighted by molar-refractivity contribution is 0.383. The van der Waals surface area contributed by atoms with Crippen molar-refractivity contribution in [2.24, 2.45) is 9.98 Å². The zero-order valence-electron chi connectivity index (χ0n) is 12.8. The lowest BCUT2D eigenvalue weighted by Crippen LogP contribution is -2.13. The number of benzene rings is 2. The van der Waals surface area contributed by atoms with Crippen LogP contribution in [0.25, 0.3) is 0 Å². The smallest absolute Gasteiger partial charge is 0.177 e. The minimum absolute atomic E-state index is 0.0522. The first-order valence-electron chi connectivity index (χ1n) is 7.06. The van der Waals surface area contributed by atoms with Crippen LogP contribution >= 0.6 is 23.2 Å². The molecule has 0 N–H and O–H groups in total. The summed E-state index contributed by atoms with van der Waals surface area (Å²) in [6.45, 7) is 1.75. The molecule has 1 aliphatic rings. The van der Waals surface area contributed by atoms with Gasteiger partial charge in [0.2, 0.25) is 0 Å². The van der Waals surface area contributed by atoms with Crippen molar-refractivity contribution in [1.29, 1.82) is 0 Å². The number of aliphatic imine (C=N–C) groups is 2. The Morgan fingerprint density at radius 2 is 1.83 bits per heavy atom. The topological polar surface area (TPSA) is 34.0 Å². The Balaban J connectivity index is 2.37. The highest BCUT2D eigenvalue weighted by Gasteiger charge is 2.27. The molecule has 1 unspecified atom stereocenters. The third kappa shape index (κ3) is 2.78. The second kappa shape index (κ2) is 6.49. The van der Waals surface area contributed by atoms with Crippen molar-refractivity contribution in [2.45, 2.75) is 13.0 Å². The van der Waals surface area contributed by atoms with Crippen LogP contribution in [-0.2, 0) is 0 Å². The zero-order valence-corrected chi connectivity index (χ0v) is 14.3. The third-order valence-electron chi connectivity index (χ3n) is 3.58. The number of ether oxygens (including phenoxy) is 1. The van der Waals surface area contributed by atoms with Crippen LogP contribution in [0.3, 0.4) is 0 Å². The van der Waals surface area contributed by atoms with Crippen molar-refractivity contribution in [3.05, 3.63) is 57.1 Å². The molecule has 0 radical (unpaired) electrons. The molecule has 0 saturated heterocycles. The minimum atomic E-state index is -0.854. The predicted octanol–water partition coefficient (Wildman–Crippen LogP) is 5.22. The van der Waals surface area contributed by atoms with Crippen LogP contribution in [0, 0.1) is 11.6 Å². The van der Waals surface area contributed by atoms with Gasteiger partial charge < -0.3 is 4.74 Å². The van der Waals surface area contributed by atoms with Gasteiger partial charge in [0, 0.05) is 11.8 Å². The van der Waals surface area contributed by atoms with E-state index in [1.807, 2.05) is 0 Å². The van der Waals surface area contributed by atoms with Crippen LogP contribution < -0.4 is 4.74 Å². The van der Waals surface area contributed by atoms with Crippen molar-refractivity contribution in [1.82, 2.24) is 0 Å². The van der Waals surface area contributed by atoms with Gasteiger partial charge in [-0.1, -0.05) is 23.2 Å². The molecule has 3 rings (SSSR count). The number of halogens is 4. The first-order chi connectivity index (χ1) is 11.4. The predicted molar refractivity (Wildman–Crippen MR) is 92.6 cm³/mol. The molecule has 124 valence electrons. The Bertz CT molecular complexity index is 881. The van der Waals surface area contributed by atoms with Crippen molar-refractivity contribution in [3.8, 4) is 5.75 Å². The molecule has 0 aliphatic carbocycles. The van der Waals surface area contributed by atoms with E-state index in [1.165, 1.54) is 13.2 Å². The monoisotopic (exact) mass is 368 g/mol. The Labute approximate surface area is 147 Å². The molecule has 1 aliphatic heterocycles. The van der Waals surface area contributed by atoms with E-state index < -0.39 is 17.7 Å². The van der Waals surface area contributed by atoms with Crippen molar-refractivity contribution in [3.63, 3.8) is 0 Å². The maximum atomic E-state index is 14.7. The van der Waals surface area contributed by atoms with Crippen LogP contribution in [0.1, 0.15) is 18.1 Å². The highest BCUT2D eigenvalue weighted by molar-refractivity contribution is 6.45. The summed E-state index contributed by atoms with van der Waals surface area (Å²) in [5.41, 5.74) is 0.457. The highest BCUT2D eigenvalue weighted by atomic mass is 35.5. The summed E-state index contributed by atoms with van der Waals surface area (Å²) in [6, 6.07) is 5.14. The average Bonchev–Trinajstić information content (AvgIpc) is 2.71. The summed E-state index contributed by atoms with van der Waals surface area (Å²) in [5, 5.41) is 0.386. The van der Waals surface area contributed by atoms with E-state index in [2.05, 4.69) is 9.98 Å².